The Kier molecular flexibility index (Phi) is 2.41. The first kappa shape index (κ1) is 9.45. The van der Waals surface area contributed by atoms with E-state index in [1.807, 2.05) is 6.92 Å². The number of thioether (sulfide) groups is 1. The fourth-order valence-corrected chi connectivity index (χ4v) is 1.81. The molecule has 5 heteroatoms. The molecule has 2 aromatic rings. The second-order valence-electron chi connectivity index (χ2n) is 2.76. The summed E-state index contributed by atoms with van der Waals surface area (Å²) in [6.45, 7) is 1.99. The highest BCUT2D eigenvalue weighted by molar-refractivity contribution is 7.99. The summed E-state index contributed by atoms with van der Waals surface area (Å²) in [7, 11) is 0. The topological polar surface area (TPSA) is 28.7 Å². The van der Waals surface area contributed by atoms with Gasteiger partial charge in [0, 0.05) is 12.1 Å². The van der Waals surface area contributed by atoms with Crippen molar-refractivity contribution >= 4 is 22.8 Å². The van der Waals surface area contributed by atoms with Crippen molar-refractivity contribution in [3.05, 3.63) is 23.8 Å². The lowest BCUT2D eigenvalue weighted by Crippen LogP contribution is -1.82. The summed E-state index contributed by atoms with van der Waals surface area (Å²) < 4.78 is 25.6. The van der Waals surface area contributed by atoms with Gasteiger partial charge in [-0.1, -0.05) is 18.7 Å². The molecule has 0 saturated carbocycles. The number of hydrogen-bond acceptors (Lipinski definition) is 2. The first-order valence-corrected chi connectivity index (χ1v) is 5.17. The lowest BCUT2D eigenvalue weighted by atomic mass is 10.3. The summed E-state index contributed by atoms with van der Waals surface area (Å²) in [6, 6.07) is 2.22. The molecule has 0 aliphatic carbocycles. The molecule has 14 heavy (non-hydrogen) atoms. The lowest BCUT2D eigenvalue weighted by Gasteiger charge is -1.90. The minimum Gasteiger partial charge on any atom is -0.333 e. The molecule has 0 aliphatic heterocycles. The van der Waals surface area contributed by atoms with Crippen LogP contribution in [-0.4, -0.2) is 15.7 Å². The van der Waals surface area contributed by atoms with Crippen molar-refractivity contribution in [2.24, 2.45) is 0 Å². The molecule has 0 atom stereocenters. The fraction of sp³-hybridized carbons (Fsp3) is 0.222. The number of benzene rings is 1. The molecule has 2 rings (SSSR count). The molecule has 1 heterocycles. The van der Waals surface area contributed by atoms with E-state index in [1.54, 1.807) is 0 Å². The van der Waals surface area contributed by atoms with Crippen LogP contribution in [0.5, 0.6) is 0 Å². The van der Waals surface area contributed by atoms with Gasteiger partial charge in [0.2, 0.25) is 0 Å². The molecule has 1 aromatic carbocycles. The van der Waals surface area contributed by atoms with Gasteiger partial charge in [0.25, 0.3) is 0 Å². The molecule has 1 aromatic heterocycles. The van der Waals surface area contributed by atoms with Gasteiger partial charge in [-0.3, -0.25) is 0 Å². The Bertz CT molecular complexity index is 428. The minimum absolute atomic E-state index is 0.458. The molecule has 0 amide bonds. The van der Waals surface area contributed by atoms with Crippen LogP contribution in [0.2, 0.25) is 0 Å². The fourth-order valence-electron chi connectivity index (χ4n) is 1.19. The van der Waals surface area contributed by atoms with Crippen LogP contribution in [0.1, 0.15) is 6.92 Å². The zero-order chi connectivity index (χ0) is 10.1. The molecule has 0 spiro atoms. The van der Waals surface area contributed by atoms with Crippen LogP contribution >= 0.6 is 11.8 Å². The molecular formula is C9H8F2N2S. The van der Waals surface area contributed by atoms with Crippen molar-refractivity contribution in [1.29, 1.82) is 0 Å². The maximum absolute atomic E-state index is 12.8. The second-order valence-corrected chi connectivity index (χ2v) is 4.01. The van der Waals surface area contributed by atoms with Gasteiger partial charge in [-0.15, -0.1) is 0 Å². The maximum atomic E-state index is 12.8. The van der Waals surface area contributed by atoms with Gasteiger partial charge in [-0.2, -0.15) is 0 Å². The van der Waals surface area contributed by atoms with Crippen LogP contribution in [0.4, 0.5) is 8.78 Å². The van der Waals surface area contributed by atoms with E-state index in [1.165, 1.54) is 11.8 Å². The van der Waals surface area contributed by atoms with Gasteiger partial charge in [0.05, 0.1) is 11.0 Å². The van der Waals surface area contributed by atoms with Crippen molar-refractivity contribution in [2.75, 3.05) is 5.75 Å². The van der Waals surface area contributed by atoms with Gasteiger partial charge < -0.3 is 4.98 Å². The van der Waals surface area contributed by atoms with Crippen LogP contribution in [0.25, 0.3) is 11.0 Å². The average Bonchev–Trinajstić information content (AvgIpc) is 2.48. The van der Waals surface area contributed by atoms with Crippen molar-refractivity contribution in [1.82, 2.24) is 9.97 Å². The largest absolute Gasteiger partial charge is 0.333 e. The summed E-state index contributed by atoms with van der Waals surface area (Å²) in [6.07, 6.45) is 0. The third-order valence-electron chi connectivity index (χ3n) is 1.78. The number of fused-ring (bicyclic) bond motifs is 1. The van der Waals surface area contributed by atoms with Crippen LogP contribution in [0, 0.1) is 11.6 Å². The summed E-state index contributed by atoms with van der Waals surface area (Å²) in [5.41, 5.74) is 0.986. The van der Waals surface area contributed by atoms with E-state index in [-0.39, 0.29) is 0 Å². The third-order valence-corrected chi connectivity index (χ3v) is 2.54. The number of halogens is 2. The Labute approximate surface area is 83.7 Å². The Balaban J connectivity index is 2.54. The van der Waals surface area contributed by atoms with Crippen molar-refractivity contribution < 1.29 is 8.78 Å². The Hall–Kier alpha value is -1.10. The number of H-pyrrole nitrogens is 1. The first-order chi connectivity index (χ1) is 6.70. The smallest absolute Gasteiger partial charge is 0.166 e. The highest BCUT2D eigenvalue weighted by Crippen LogP contribution is 2.21. The molecular weight excluding hydrogens is 206 g/mol. The number of aromatic nitrogens is 2. The van der Waals surface area contributed by atoms with E-state index < -0.39 is 11.6 Å². The van der Waals surface area contributed by atoms with Crippen molar-refractivity contribution in [2.45, 2.75) is 12.1 Å². The molecule has 0 fully saturated rings. The van der Waals surface area contributed by atoms with Gasteiger partial charge in [-0.25, -0.2) is 13.8 Å². The minimum atomic E-state index is -0.864. The predicted molar refractivity (Wildman–Crippen MR) is 52.4 cm³/mol. The quantitative estimate of drug-likeness (QED) is 0.778. The van der Waals surface area contributed by atoms with Gasteiger partial charge >= 0.3 is 0 Å². The standard InChI is InChI=1S/C9H8F2N2S/c1-2-14-9-12-7-3-5(10)6(11)4-8(7)13-9/h3-4H,2H2,1H3,(H,12,13). The molecule has 1 N–H and O–H groups in total. The number of imidazole rings is 1. The van der Waals surface area contributed by atoms with Crippen LogP contribution in [0.3, 0.4) is 0 Å². The van der Waals surface area contributed by atoms with Crippen LogP contribution in [-0.2, 0) is 0 Å². The highest BCUT2D eigenvalue weighted by atomic mass is 32.2. The van der Waals surface area contributed by atoms with Gasteiger partial charge in [-0.05, 0) is 5.75 Å². The van der Waals surface area contributed by atoms with E-state index in [2.05, 4.69) is 9.97 Å². The molecule has 0 aliphatic rings. The van der Waals surface area contributed by atoms with Crippen LogP contribution < -0.4 is 0 Å². The number of nitrogens with zero attached hydrogens (tertiary/aromatic N) is 1. The molecule has 0 bridgehead atoms. The summed E-state index contributed by atoms with van der Waals surface area (Å²) in [4.78, 5) is 7.01. The Morgan fingerprint density at radius 1 is 1.36 bits per heavy atom. The highest BCUT2D eigenvalue weighted by Gasteiger charge is 2.07. The second kappa shape index (κ2) is 3.57. The third kappa shape index (κ3) is 1.59. The molecule has 74 valence electrons. The SMILES string of the molecule is CCSc1nc2cc(F)c(F)cc2[nH]1. The number of nitrogens with one attached hydrogen (secondary N) is 1. The molecule has 0 unspecified atom stereocenters. The summed E-state index contributed by atoms with van der Waals surface area (Å²) in [5, 5.41) is 0.688. The summed E-state index contributed by atoms with van der Waals surface area (Å²) >= 11 is 1.50. The molecule has 2 nitrogen and oxygen atoms in total. The average molecular weight is 214 g/mol. The number of rotatable bonds is 2. The monoisotopic (exact) mass is 214 g/mol. The predicted octanol–water partition coefficient (Wildman–Crippen LogP) is 2.95. The van der Waals surface area contributed by atoms with Crippen molar-refractivity contribution in [3.63, 3.8) is 0 Å². The summed E-state index contributed by atoms with van der Waals surface area (Å²) in [5.74, 6) is -0.851. The number of hydrogen-bond donors (Lipinski definition) is 1. The lowest BCUT2D eigenvalue weighted by molar-refractivity contribution is 0.510. The zero-order valence-corrected chi connectivity index (χ0v) is 8.29. The normalized spacial score (nSPS) is 11.1. The van der Waals surface area contributed by atoms with E-state index in [0.717, 1.165) is 17.9 Å². The van der Waals surface area contributed by atoms with Crippen LogP contribution in [0.15, 0.2) is 17.3 Å². The van der Waals surface area contributed by atoms with Crippen molar-refractivity contribution in [3.8, 4) is 0 Å². The van der Waals surface area contributed by atoms with E-state index >= 15 is 0 Å². The molecule has 0 radical (unpaired) electrons. The maximum Gasteiger partial charge on any atom is 0.166 e. The van der Waals surface area contributed by atoms with Gasteiger partial charge in [0.1, 0.15) is 0 Å². The van der Waals surface area contributed by atoms with E-state index in [0.29, 0.717) is 16.2 Å². The molecule has 0 saturated heterocycles. The van der Waals surface area contributed by atoms with E-state index in [9.17, 15) is 8.78 Å². The Morgan fingerprint density at radius 2 is 2.07 bits per heavy atom. The van der Waals surface area contributed by atoms with Gasteiger partial charge in [0.15, 0.2) is 16.8 Å². The zero-order valence-electron chi connectivity index (χ0n) is 7.47. The number of aromatic amines is 1. The van der Waals surface area contributed by atoms with E-state index in [4.69, 9.17) is 0 Å². The Morgan fingerprint density at radius 3 is 2.79 bits per heavy atom. The first-order valence-electron chi connectivity index (χ1n) is 4.18.